The minimum atomic E-state index is -0.320. The number of phenolic OH excluding ortho intramolecular Hbond substituents is 2. The molecule has 1 aromatic rings. The number of amides is 1. The fraction of sp³-hybridized carbons (Fsp3) is 0.636. The molecule has 6 nitrogen and oxygen atoms in total. The van der Waals surface area contributed by atoms with Crippen molar-refractivity contribution in [2.24, 2.45) is 16.5 Å². The van der Waals surface area contributed by atoms with Crippen LogP contribution in [0, 0.1) is 11.3 Å². The van der Waals surface area contributed by atoms with Crippen molar-refractivity contribution in [3.8, 4) is 11.5 Å². The number of hydrogen-bond acceptors (Lipinski definition) is 5. The van der Waals surface area contributed by atoms with Crippen molar-refractivity contribution in [1.82, 2.24) is 4.90 Å². The molecule has 2 atom stereocenters. The Labute approximate surface area is 166 Å². The lowest BCUT2D eigenvalue weighted by molar-refractivity contribution is -0.125. The van der Waals surface area contributed by atoms with Gasteiger partial charge in [0.1, 0.15) is 11.3 Å². The van der Waals surface area contributed by atoms with E-state index in [2.05, 4.69) is 25.9 Å². The van der Waals surface area contributed by atoms with Gasteiger partial charge in [0.25, 0.3) is 5.91 Å². The van der Waals surface area contributed by atoms with Crippen molar-refractivity contribution < 1.29 is 19.8 Å². The van der Waals surface area contributed by atoms with Crippen LogP contribution >= 0.6 is 0 Å². The summed E-state index contributed by atoms with van der Waals surface area (Å²) in [5, 5.41) is 23.7. The van der Waals surface area contributed by atoms with Gasteiger partial charge in [0.15, 0.2) is 11.5 Å². The predicted molar refractivity (Wildman–Crippen MR) is 106 cm³/mol. The molecule has 1 amide bonds. The molecule has 2 aliphatic heterocycles. The summed E-state index contributed by atoms with van der Waals surface area (Å²) < 4.78 is 0. The Morgan fingerprint density at radius 1 is 1.25 bits per heavy atom. The molecule has 0 radical (unpaired) electrons. The van der Waals surface area contributed by atoms with E-state index < -0.39 is 0 Å². The Bertz CT molecular complexity index is 827. The van der Waals surface area contributed by atoms with E-state index in [0.717, 1.165) is 30.4 Å². The average Bonchev–Trinajstić information content (AvgIpc) is 3.04. The maximum Gasteiger partial charge on any atom is 0.272 e. The number of carbonyl (C=O) groups excluding carboxylic acids is 1. The number of nitrogens with zero attached hydrogens (tertiary/aromatic N) is 2. The highest BCUT2D eigenvalue weighted by molar-refractivity contribution is 6.39. The third kappa shape index (κ3) is 3.45. The lowest BCUT2D eigenvalue weighted by Gasteiger charge is -2.41. The van der Waals surface area contributed by atoms with Crippen molar-refractivity contribution in [1.29, 1.82) is 0 Å². The maximum absolute atomic E-state index is 13.1. The van der Waals surface area contributed by atoms with E-state index in [4.69, 9.17) is 4.84 Å². The average molecular weight is 386 g/mol. The first-order valence-electron chi connectivity index (χ1n) is 10.2. The first-order chi connectivity index (χ1) is 13.2. The van der Waals surface area contributed by atoms with Crippen LogP contribution < -0.4 is 0 Å². The molecule has 6 heteroatoms. The van der Waals surface area contributed by atoms with Crippen LogP contribution in [0.15, 0.2) is 17.3 Å². The van der Waals surface area contributed by atoms with Gasteiger partial charge < -0.3 is 20.0 Å². The molecule has 2 N–H and O–H groups in total. The van der Waals surface area contributed by atoms with Crippen LogP contribution in [-0.4, -0.2) is 38.9 Å². The number of hydrogen-bond donors (Lipinski definition) is 2. The van der Waals surface area contributed by atoms with Gasteiger partial charge in [-0.2, -0.15) is 0 Å². The number of fused-ring (bicyclic) bond motifs is 1. The van der Waals surface area contributed by atoms with Gasteiger partial charge in [0.2, 0.25) is 0 Å². The van der Waals surface area contributed by atoms with Gasteiger partial charge in [-0.1, -0.05) is 25.9 Å². The van der Waals surface area contributed by atoms with E-state index in [0.29, 0.717) is 37.6 Å². The smallest absolute Gasteiger partial charge is 0.272 e. The summed E-state index contributed by atoms with van der Waals surface area (Å²) in [5.41, 5.74) is 2.27. The molecule has 1 fully saturated rings. The SMILES string of the molecule is CC(C)(C)C1CCCC2(CC(C(=O)N3CCc4cc(O)c(O)cc4C3)=NO2)C1. The molecular weight excluding hydrogens is 356 g/mol. The first-order valence-corrected chi connectivity index (χ1v) is 10.2. The molecule has 0 bridgehead atoms. The minimum Gasteiger partial charge on any atom is -0.504 e. The van der Waals surface area contributed by atoms with Gasteiger partial charge in [0, 0.05) is 19.5 Å². The normalized spacial score (nSPS) is 27.3. The molecular formula is C22H30N2O4. The Kier molecular flexibility index (Phi) is 4.55. The zero-order valence-corrected chi connectivity index (χ0v) is 17.0. The second kappa shape index (κ2) is 6.68. The number of carbonyl (C=O) groups is 1. The summed E-state index contributed by atoms with van der Waals surface area (Å²) in [4.78, 5) is 20.7. The van der Waals surface area contributed by atoms with Crippen LogP contribution in [0.25, 0.3) is 0 Å². The van der Waals surface area contributed by atoms with Crippen LogP contribution in [-0.2, 0) is 22.6 Å². The number of rotatable bonds is 1. The van der Waals surface area contributed by atoms with Crippen molar-refractivity contribution in [2.45, 2.75) is 71.4 Å². The molecule has 1 aliphatic carbocycles. The highest BCUT2D eigenvalue weighted by Gasteiger charge is 2.47. The number of aromatic hydroxyl groups is 2. The molecule has 3 aliphatic rings. The Balaban J connectivity index is 1.44. The standard InChI is InChI=1S/C22H30N2O4/c1-21(2,3)16-5-4-7-22(11-16)12-17(23-28-22)20(27)24-8-6-14-9-18(25)19(26)10-15(14)13-24/h9-10,16,25-26H,4-8,11-13H2,1-3H3. The molecule has 2 unspecified atom stereocenters. The van der Waals surface area contributed by atoms with Gasteiger partial charge in [0.05, 0.1) is 0 Å². The summed E-state index contributed by atoms with van der Waals surface area (Å²) in [6.45, 7) is 7.82. The molecule has 1 aromatic carbocycles. The second-order valence-corrected chi connectivity index (χ2v) is 9.73. The van der Waals surface area contributed by atoms with Gasteiger partial charge in [-0.25, -0.2) is 0 Å². The van der Waals surface area contributed by atoms with Crippen molar-refractivity contribution >= 4 is 11.6 Å². The summed E-state index contributed by atoms with van der Waals surface area (Å²) in [5.74, 6) is 0.236. The van der Waals surface area contributed by atoms with Crippen LogP contribution in [0.4, 0.5) is 0 Å². The van der Waals surface area contributed by atoms with E-state index >= 15 is 0 Å². The molecule has 152 valence electrons. The Morgan fingerprint density at radius 3 is 2.68 bits per heavy atom. The summed E-state index contributed by atoms with van der Waals surface area (Å²) in [6, 6.07) is 3.14. The third-order valence-electron chi connectivity index (χ3n) is 6.71. The van der Waals surface area contributed by atoms with Crippen LogP contribution in [0.1, 0.15) is 64.0 Å². The number of benzene rings is 1. The molecule has 1 spiro atoms. The third-order valence-corrected chi connectivity index (χ3v) is 6.71. The minimum absolute atomic E-state index is 0.0760. The van der Waals surface area contributed by atoms with Crippen molar-refractivity contribution in [3.63, 3.8) is 0 Å². The quantitative estimate of drug-likeness (QED) is 0.721. The molecule has 0 saturated heterocycles. The summed E-state index contributed by atoms with van der Waals surface area (Å²) >= 11 is 0. The fourth-order valence-electron chi connectivity index (χ4n) is 4.88. The maximum atomic E-state index is 13.1. The zero-order valence-electron chi connectivity index (χ0n) is 17.0. The fourth-order valence-corrected chi connectivity index (χ4v) is 4.88. The highest BCUT2D eigenvalue weighted by atomic mass is 16.7. The molecule has 0 aromatic heterocycles. The predicted octanol–water partition coefficient (Wildman–Crippen LogP) is 3.73. The molecule has 2 heterocycles. The highest BCUT2D eigenvalue weighted by Crippen LogP contribution is 2.47. The summed E-state index contributed by atoms with van der Waals surface area (Å²) in [7, 11) is 0. The lowest BCUT2D eigenvalue weighted by Crippen LogP contribution is -2.43. The second-order valence-electron chi connectivity index (χ2n) is 9.73. The Hall–Kier alpha value is -2.24. The van der Waals surface area contributed by atoms with Crippen LogP contribution in [0.2, 0.25) is 0 Å². The summed E-state index contributed by atoms with van der Waals surface area (Å²) in [6.07, 6.45) is 5.46. The van der Waals surface area contributed by atoms with Crippen LogP contribution in [0.3, 0.4) is 0 Å². The molecule has 1 saturated carbocycles. The van der Waals surface area contributed by atoms with Gasteiger partial charge in [-0.15, -0.1) is 0 Å². The van der Waals surface area contributed by atoms with Gasteiger partial charge in [-0.3, -0.25) is 4.79 Å². The van der Waals surface area contributed by atoms with Gasteiger partial charge >= 0.3 is 0 Å². The molecule has 4 rings (SSSR count). The zero-order chi connectivity index (χ0) is 20.1. The van der Waals surface area contributed by atoms with E-state index in [1.54, 1.807) is 17.0 Å². The van der Waals surface area contributed by atoms with E-state index in [9.17, 15) is 15.0 Å². The van der Waals surface area contributed by atoms with E-state index in [1.165, 1.54) is 6.42 Å². The largest absolute Gasteiger partial charge is 0.504 e. The van der Waals surface area contributed by atoms with E-state index in [-0.39, 0.29) is 28.4 Å². The lowest BCUT2D eigenvalue weighted by atomic mass is 9.66. The number of phenols is 2. The monoisotopic (exact) mass is 386 g/mol. The van der Waals surface area contributed by atoms with Crippen LogP contribution in [0.5, 0.6) is 11.5 Å². The van der Waals surface area contributed by atoms with Crippen molar-refractivity contribution in [2.75, 3.05) is 6.54 Å². The Morgan fingerprint density at radius 2 is 1.96 bits per heavy atom. The number of oxime groups is 1. The topological polar surface area (TPSA) is 82.4 Å². The van der Waals surface area contributed by atoms with Gasteiger partial charge in [-0.05, 0) is 66.7 Å². The first kappa shape index (κ1) is 19.1. The van der Waals surface area contributed by atoms with Crippen molar-refractivity contribution in [3.05, 3.63) is 23.3 Å². The van der Waals surface area contributed by atoms with E-state index in [1.807, 2.05) is 0 Å². The molecule has 28 heavy (non-hydrogen) atoms.